The van der Waals surface area contributed by atoms with E-state index in [1.165, 1.54) is 10.1 Å². The Morgan fingerprint density at radius 2 is 2.20 bits per heavy atom. The van der Waals surface area contributed by atoms with Crippen LogP contribution in [0, 0.1) is 0 Å². The maximum atomic E-state index is 10.9. The molecule has 0 radical (unpaired) electrons. The molecule has 15 heavy (non-hydrogen) atoms. The Kier molecular flexibility index (Phi) is 2.73. The predicted octanol–water partition coefficient (Wildman–Crippen LogP) is 3.10. The van der Waals surface area contributed by atoms with Crippen LogP contribution >= 0.6 is 11.3 Å². The molecule has 0 unspecified atom stereocenters. The highest BCUT2D eigenvalue weighted by Gasteiger charge is 2.07. The highest BCUT2D eigenvalue weighted by atomic mass is 32.1. The summed E-state index contributed by atoms with van der Waals surface area (Å²) in [5.74, 6) is 0.00733. The van der Waals surface area contributed by atoms with Gasteiger partial charge in [0.1, 0.15) is 0 Å². The zero-order valence-electron chi connectivity index (χ0n) is 8.78. The number of nitrogens with one attached hydrogen (secondary N) is 1. The van der Waals surface area contributed by atoms with Gasteiger partial charge >= 0.3 is 0 Å². The molecule has 0 spiro atoms. The molecule has 1 amide bonds. The number of thiophene rings is 1. The molecule has 2 rings (SSSR count). The van der Waals surface area contributed by atoms with Gasteiger partial charge in [-0.25, -0.2) is 0 Å². The third-order valence-electron chi connectivity index (χ3n) is 2.40. The van der Waals surface area contributed by atoms with Crippen LogP contribution in [0.2, 0.25) is 0 Å². The van der Waals surface area contributed by atoms with Crippen LogP contribution < -0.4 is 5.32 Å². The molecule has 1 atom stereocenters. The van der Waals surface area contributed by atoms with Crippen molar-refractivity contribution in [2.75, 3.05) is 0 Å². The van der Waals surface area contributed by atoms with Gasteiger partial charge in [0.2, 0.25) is 5.91 Å². The molecule has 0 aliphatic rings. The molecule has 2 nitrogen and oxygen atoms in total. The Bertz CT molecular complexity index is 489. The van der Waals surface area contributed by atoms with Crippen molar-refractivity contribution >= 4 is 27.3 Å². The second-order valence-electron chi connectivity index (χ2n) is 3.64. The van der Waals surface area contributed by atoms with E-state index in [9.17, 15) is 4.79 Å². The average molecular weight is 219 g/mol. The first kappa shape index (κ1) is 10.2. The van der Waals surface area contributed by atoms with Crippen molar-refractivity contribution in [3.63, 3.8) is 0 Å². The number of carbonyl (C=O) groups excluding carboxylic acids is 1. The minimum atomic E-state index is 0.00733. The Morgan fingerprint density at radius 3 is 2.93 bits per heavy atom. The Morgan fingerprint density at radius 1 is 1.40 bits per heavy atom. The summed E-state index contributed by atoms with van der Waals surface area (Å²) >= 11 is 1.73. The topological polar surface area (TPSA) is 29.1 Å². The van der Waals surface area contributed by atoms with E-state index in [1.54, 1.807) is 18.3 Å². The Balaban J connectivity index is 2.30. The van der Waals surface area contributed by atoms with Crippen molar-refractivity contribution in [3.8, 4) is 0 Å². The molecule has 0 saturated heterocycles. The zero-order chi connectivity index (χ0) is 10.8. The van der Waals surface area contributed by atoms with Gasteiger partial charge in [0.25, 0.3) is 0 Å². The summed E-state index contributed by atoms with van der Waals surface area (Å²) in [5.41, 5.74) is 1.15. The molecule has 1 aromatic carbocycles. The Labute approximate surface area is 92.9 Å². The van der Waals surface area contributed by atoms with Crippen LogP contribution in [0.4, 0.5) is 0 Å². The first-order valence-electron chi connectivity index (χ1n) is 4.91. The predicted molar refractivity (Wildman–Crippen MR) is 64.1 cm³/mol. The van der Waals surface area contributed by atoms with E-state index < -0.39 is 0 Å². The van der Waals surface area contributed by atoms with Crippen molar-refractivity contribution in [1.29, 1.82) is 0 Å². The monoisotopic (exact) mass is 219 g/mol. The number of amides is 1. The number of carbonyl (C=O) groups is 1. The molecule has 3 heteroatoms. The summed E-state index contributed by atoms with van der Waals surface area (Å²) in [6, 6.07) is 8.48. The fraction of sp³-hybridized carbons (Fsp3) is 0.250. The van der Waals surface area contributed by atoms with E-state index in [4.69, 9.17) is 0 Å². The standard InChI is InChI=1S/C12H13NOS/c1-8(13-9(2)14)10-3-4-12-11(7-10)5-6-15-12/h3-8H,1-2H3,(H,13,14)/t8-/m1/s1. The van der Waals surface area contributed by atoms with Gasteiger partial charge in [-0.05, 0) is 41.5 Å². The fourth-order valence-corrected chi connectivity index (χ4v) is 2.41. The van der Waals surface area contributed by atoms with Crippen molar-refractivity contribution < 1.29 is 4.79 Å². The normalized spacial score (nSPS) is 12.7. The molecule has 0 aliphatic heterocycles. The molecule has 0 fully saturated rings. The van der Waals surface area contributed by atoms with Crippen LogP contribution in [0.15, 0.2) is 29.6 Å². The van der Waals surface area contributed by atoms with Gasteiger partial charge in [0, 0.05) is 11.6 Å². The van der Waals surface area contributed by atoms with Gasteiger partial charge in [-0.2, -0.15) is 0 Å². The molecular weight excluding hydrogens is 206 g/mol. The van der Waals surface area contributed by atoms with Crippen LogP contribution in [0.1, 0.15) is 25.5 Å². The zero-order valence-corrected chi connectivity index (χ0v) is 9.60. The van der Waals surface area contributed by atoms with Crippen LogP contribution in [-0.4, -0.2) is 5.91 Å². The average Bonchev–Trinajstić information content (AvgIpc) is 2.62. The molecule has 2 aromatic rings. The molecule has 1 N–H and O–H groups in total. The van der Waals surface area contributed by atoms with Crippen molar-refractivity contribution in [2.45, 2.75) is 19.9 Å². The number of hydrogen-bond acceptors (Lipinski definition) is 2. The van der Waals surface area contributed by atoms with Gasteiger partial charge < -0.3 is 5.32 Å². The first-order valence-corrected chi connectivity index (χ1v) is 5.79. The second kappa shape index (κ2) is 4.03. The molecular formula is C12H13NOS. The molecule has 1 heterocycles. The summed E-state index contributed by atoms with van der Waals surface area (Å²) in [6.07, 6.45) is 0. The SMILES string of the molecule is CC(=O)N[C@H](C)c1ccc2sccc2c1. The third-order valence-corrected chi connectivity index (χ3v) is 3.29. The fourth-order valence-electron chi connectivity index (χ4n) is 1.64. The Hall–Kier alpha value is -1.35. The van der Waals surface area contributed by atoms with E-state index >= 15 is 0 Å². The second-order valence-corrected chi connectivity index (χ2v) is 4.59. The van der Waals surface area contributed by atoms with Crippen molar-refractivity contribution in [3.05, 3.63) is 35.2 Å². The number of fused-ring (bicyclic) bond motifs is 1. The quantitative estimate of drug-likeness (QED) is 0.826. The van der Waals surface area contributed by atoms with Gasteiger partial charge in [-0.3, -0.25) is 4.79 Å². The van der Waals surface area contributed by atoms with Gasteiger partial charge in [-0.15, -0.1) is 11.3 Å². The van der Waals surface area contributed by atoms with Gasteiger partial charge in [0.15, 0.2) is 0 Å². The van der Waals surface area contributed by atoms with Crippen LogP contribution in [0.3, 0.4) is 0 Å². The first-order chi connectivity index (χ1) is 7.16. The third kappa shape index (κ3) is 2.18. The molecule has 0 aliphatic carbocycles. The van der Waals surface area contributed by atoms with Crippen molar-refractivity contribution in [1.82, 2.24) is 5.32 Å². The van der Waals surface area contributed by atoms with E-state index in [1.807, 2.05) is 6.92 Å². The van der Waals surface area contributed by atoms with Crippen LogP contribution in [0.5, 0.6) is 0 Å². The van der Waals surface area contributed by atoms with Crippen molar-refractivity contribution in [2.24, 2.45) is 0 Å². The summed E-state index contributed by atoms with van der Waals surface area (Å²) in [5, 5.41) is 6.21. The lowest BCUT2D eigenvalue weighted by molar-refractivity contribution is -0.119. The molecule has 0 saturated carbocycles. The lowest BCUT2D eigenvalue weighted by Crippen LogP contribution is -2.23. The highest BCUT2D eigenvalue weighted by molar-refractivity contribution is 7.17. The number of benzene rings is 1. The number of rotatable bonds is 2. The van der Waals surface area contributed by atoms with E-state index in [-0.39, 0.29) is 11.9 Å². The minimum Gasteiger partial charge on any atom is -0.350 e. The summed E-state index contributed by atoms with van der Waals surface area (Å²) in [4.78, 5) is 10.9. The van der Waals surface area contributed by atoms with E-state index in [0.29, 0.717) is 0 Å². The molecule has 1 aromatic heterocycles. The summed E-state index contributed by atoms with van der Waals surface area (Å²) in [6.45, 7) is 3.54. The van der Waals surface area contributed by atoms with Gasteiger partial charge in [-0.1, -0.05) is 6.07 Å². The molecule has 0 bridgehead atoms. The van der Waals surface area contributed by atoms with E-state index in [2.05, 4.69) is 35.0 Å². The maximum Gasteiger partial charge on any atom is 0.217 e. The van der Waals surface area contributed by atoms with Crippen LogP contribution in [-0.2, 0) is 4.79 Å². The van der Waals surface area contributed by atoms with Gasteiger partial charge in [0.05, 0.1) is 6.04 Å². The maximum absolute atomic E-state index is 10.9. The lowest BCUT2D eigenvalue weighted by Gasteiger charge is -2.12. The van der Waals surface area contributed by atoms with E-state index in [0.717, 1.165) is 5.56 Å². The van der Waals surface area contributed by atoms with Crippen LogP contribution in [0.25, 0.3) is 10.1 Å². The highest BCUT2D eigenvalue weighted by Crippen LogP contribution is 2.24. The number of hydrogen-bond donors (Lipinski definition) is 1. The summed E-state index contributed by atoms with van der Waals surface area (Å²) < 4.78 is 1.29. The molecule has 78 valence electrons. The summed E-state index contributed by atoms with van der Waals surface area (Å²) in [7, 11) is 0. The lowest BCUT2D eigenvalue weighted by atomic mass is 10.1. The largest absolute Gasteiger partial charge is 0.350 e. The minimum absolute atomic E-state index is 0.00733. The smallest absolute Gasteiger partial charge is 0.217 e.